The van der Waals surface area contributed by atoms with Crippen LogP contribution >= 0.6 is 24.0 Å². The van der Waals surface area contributed by atoms with E-state index in [-0.39, 0.29) is 29.7 Å². The van der Waals surface area contributed by atoms with Crippen molar-refractivity contribution in [3.05, 3.63) is 71.6 Å². The SMILES string of the molecule is CN=C(NCc1cccc(OC(F)F)c1)NCc1coc(-c2ccc(C)cc2)n1.I. The van der Waals surface area contributed by atoms with Gasteiger partial charge in [-0.15, -0.1) is 24.0 Å². The van der Waals surface area contributed by atoms with E-state index in [1.807, 2.05) is 37.3 Å². The van der Waals surface area contributed by atoms with Gasteiger partial charge in [-0.3, -0.25) is 4.99 Å². The molecule has 2 aromatic carbocycles. The third kappa shape index (κ3) is 6.97. The fraction of sp³-hybridized carbons (Fsp3) is 0.238. The van der Waals surface area contributed by atoms with Crippen LogP contribution in [0.1, 0.15) is 16.8 Å². The van der Waals surface area contributed by atoms with Crippen LogP contribution in [0, 0.1) is 6.92 Å². The van der Waals surface area contributed by atoms with E-state index in [2.05, 4.69) is 25.3 Å². The Morgan fingerprint density at radius 2 is 1.87 bits per heavy atom. The Balaban J connectivity index is 0.00000320. The molecule has 3 aromatic rings. The number of rotatable bonds is 7. The van der Waals surface area contributed by atoms with Crippen molar-refractivity contribution in [1.82, 2.24) is 15.6 Å². The lowest BCUT2D eigenvalue weighted by Gasteiger charge is -2.12. The maximum absolute atomic E-state index is 12.3. The van der Waals surface area contributed by atoms with Gasteiger partial charge in [0.1, 0.15) is 12.0 Å². The highest BCUT2D eigenvalue weighted by atomic mass is 127. The number of nitrogens with zero attached hydrogens (tertiary/aromatic N) is 2. The first kappa shape index (κ1) is 23.6. The normalized spacial score (nSPS) is 11.2. The van der Waals surface area contributed by atoms with Crippen molar-refractivity contribution in [2.24, 2.45) is 4.99 Å². The molecule has 0 unspecified atom stereocenters. The number of alkyl halides is 2. The van der Waals surface area contributed by atoms with E-state index in [1.54, 1.807) is 25.4 Å². The van der Waals surface area contributed by atoms with Crippen LogP contribution in [0.4, 0.5) is 8.78 Å². The summed E-state index contributed by atoms with van der Waals surface area (Å²) in [4.78, 5) is 8.62. The smallest absolute Gasteiger partial charge is 0.387 e. The number of hydrogen-bond donors (Lipinski definition) is 2. The van der Waals surface area contributed by atoms with Crippen LogP contribution in [0.2, 0.25) is 0 Å². The van der Waals surface area contributed by atoms with Crippen LogP contribution in [0.25, 0.3) is 11.5 Å². The van der Waals surface area contributed by atoms with Crippen molar-refractivity contribution in [1.29, 1.82) is 0 Å². The van der Waals surface area contributed by atoms with Gasteiger partial charge < -0.3 is 19.8 Å². The van der Waals surface area contributed by atoms with Gasteiger partial charge in [-0.2, -0.15) is 8.78 Å². The molecule has 0 saturated heterocycles. The highest BCUT2D eigenvalue weighted by Crippen LogP contribution is 2.19. The van der Waals surface area contributed by atoms with Gasteiger partial charge in [-0.05, 0) is 36.8 Å². The molecule has 0 aliphatic carbocycles. The molecule has 1 aromatic heterocycles. The molecule has 0 amide bonds. The highest BCUT2D eigenvalue weighted by Gasteiger charge is 2.08. The van der Waals surface area contributed by atoms with E-state index >= 15 is 0 Å². The van der Waals surface area contributed by atoms with E-state index < -0.39 is 6.61 Å². The van der Waals surface area contributed by atoms with E-state index in [0.717, 1.165) is 16.8 Å². The van der Waals surface area contributed by atoms with Crippen molar-refractivity contribution in [2.75, 3.05) is 7.05 Å². The standard InChI is InChI=1S/C21H22F2N4O2.HI/c1-14-6-8-16(9-7-14)19-27-17(13-28-19)12-26-21(24-2)25-11-15-4-3-5-18(10-15)29-20(22)23;/h3-10,13,20H,11-12H2,1-2H3,(H2,24,25,26);1H. The van der Waals surface area contributed by atoms with Crippen molar-refractivity contribution < 1.29 is 17.9 Å². The molecule has 0 aliphatic heterocycles. The molecule has 0 atom stereocenters. The summed E-state index contributed by atoms with van der Waals surface area (Å²) in [5.74, 6) is 1.22. The van der Waals surface area contributed by atoms with Crippen LogP contribution in [0.5, 0.6) is 5.75 Å². The highest BCUT2D eigenvalue weighted by molar-refractivity contribution is 14.0. The Hall–Kier alpha value is -2.69. The summed E-state index contributed by atoms with van der Waals surface area (Å²) in [5.41, 5.74) is 3.60. The molecule has 9 heteroatoms. The van der Waals surface area contributed by atoms with E-state index in [4.69, 9.17) is 4.42 Å². The fourth-order valence-corrected chi connectivity index (χ4v) is 2.63. The number of halogens is 3. The molecule has 2 N–H and O–H groups in total. The third-order valence-electron chi connectivity index (χ3n) is 4.09. The minimum atomic E-state index is -2.85. The molecule has 160 valence electrons. The van der Waals surface area contributed by atoms with Gasteiger partial charge >= 0.3 is 6.61 Å². The predicted molar refractivity (Wildman–Crippen MR) is 122 cm³/mol. The summed E-state index contributed by atoms with van der Waals surface area (Å²) < 4.78 is 34.6. The second-order valence-electron chi connectivity index (χ2n) is 6.32. The topological polar surface area (TPSA) is 71.7 Å². The zero-order valence-corrected chi connectivity index (χ0v) is 18.9. The van der Waals surface area contributed by atoms with Crippen LogP contribution in [0.3, 0.4) is 0 Å². The lowest BCUT2D eigenvalue weighted by atomic mass is 10.1. The number of aromatic nitrogens is 1. The molecule has 6 nitrogen and oxygen atoms in total. The molecule has 0 saturated carbocycles. The number of aryl methyl sites for hydroxylation is 1. The number of hydrogen-bond acceptors (Lipinski definition) is 4. The van der Waals surface area contributed by atoms with Crippen molar-refractivity contribution in [3.8, 4) is 17.2 Å². The van der Waals surface area contributed by atoms with Crippen molar-refractivity contribution >= 4 is 29.9 Å². The maximum Gasteiger partial charge on any atom is 0.387 e. The second kappa shape index (κ2) is 11.5. The first-order valence-corrected chi connectivity index (χ1v) is 9.03. The van der Waals surface area contributed by atoms with Crippen LogP contribution in [0.15, 0.2) is 64.2 Å². The van der Waals surface area contributed by atoms with Crippen LogP contribution in [-0.4, -0.2) is 24.6 Å². The number of nitrogens with one attached hydrogen (secondary N) is 2. The first-order valence-electron chi connectivity index (χ1n) is 9.03. The number of benzene rings is 2. The number of oxazole rings is 1. The number of guanidine groups is 1. The lowest BCUT2D eigenvalue weighted by molar-refractivity contribution is -0.0498. The lowest BCUT2D eigenvalue weighted by Crippen LogP contribution is -2.36. The van der Waals surface area contributed by atoms with E-state index in [0.29, 0.717) is 24.9 Å². The summed E-state index contributed by atoms with van der Waals surface area (Å²) in [5, 5.41) is 6.26. The molecule has 0 fully saturated rings. The fourth-order valence-electron chi connectivity index (χ4n) is 2.63. The van der Waals surface area contributed by atoms with Gasteiger partial charge in [-0.25, -0.2) is 4.98 Å². The monoisotopic (exact) mass is 528 g/mol. The van der Waals surface area contributed by atoms with Gasteiger partial charge in [0.05, 0.1) is 12.2 Å². The summed E-state index contributed by atoms with van der Waals surface area (Å²) in [6.07, 6.45) is 1.60. The second-order valence-corrected chi connectivity index (χ2v) is 6.32. The summed E-state index contributed by atoms with van der Waals surface area (Å²) >= 11 is 0. The van der Waals surface area contributed by atoms with Gasteiger partial charge in [0.15, 0.2) is 5.96 Å². The van der Waals surface area contributed by atoms with Crippen LogP contribution in [-0.2, 0) is 13.1 Å². The summed E-state index contributed by atoms with van der Waals surface area (Å²) in [6, 6.07) is 14.4. The number of ether oxygens (including phenoxy) is 1. The average Bonchev–Trinajstić information content (AvgIpc) is 3.17. The van der Waals surface area contributed by atoms with Crippen molar-refractivity contribution in [3.63, 3.8) is 0 Å². The minimum absolute atomic E-state index is 0. The maximum atomic E-state index is 12.3. The Kier molecular flexibility index (Phi) is 9.03. The zero-order valence-electron chi connectivity index (χ0n) is 16.6. The van der Waals surface area contributed by atoms with Crippen molar-refractivity contribution in [2.45, 2.75) is 26.6 Å². The zero-order chi connectivity index (χ0) is 20.6. The predicted octanol–water partition coefficient (Wildman–Crippen LogP) is 4.73. The van der Waals surface area contributed by atoms with E-state index in [9.17, 15) is 8.78 Å². The molecular formula is C21H23F2IN4O2. The van der Waals surface area contributed by atoms with Gasteiger partial charge in [0, 0.05) is 19.2 Å². The van der Waals surface area contributed by atoms with Gasteiger partial charge in [0.2, 0.25) is 5.89 Å². The molecule has 30 heavy (non-hydrogen) atoms. The summed E-state index contributed by atoms with van der Waals surface area (Å²) in [7, 11) is 1.65. The van der Waals surface area contributed by atoms with Gasteiger partial charge in [0.25, 0.3) is 0 Å². The summed E-state index contributed by atoms with van der Waals surface area (Å²) in [6.45, 7) is -0.00752. The number of aliphatic imine (C=N–C) groups is 1. The Morgan fingerprint density at radius 1 is 1.13 bits per heavy atom. The molecule has 0 bridgehead atoms. The Labute approximate surface area is 190 Å². The quantitative estimate of drug-likeness (QED) is 0.264. The molecular weight excluding hydrogens is 505 g/mol. The molecule has 0 aliphatic rings. The molecule has 0 spiro atoms. The molecule has 1 heterocycles. The largest absolute Gasteiger partial charge is 0.444 e. The Morgan fingerprint density at radius 3 is 2.57 bits per heavy atom. The third-order valence-corrected chi connectivity index (χ3v) is 4.09. The first-order chi connectivity index (χ1) is 14.0. The molecule has 3 rings (SSSR count). The molecule has 0 radical (unpaired) electrons. The van der Waals surface area contributed by atoms with E-state index in [1.165, 1.54) is 11.6 Å². The van der Waals surface area contributed by atoms with Crippen LogP contribution < -0.4 is 15.4 Å². The Bertz CT molecular complexity index is 962. The van der Waals surface area contributed by atoms with Gasteiger partial charge in [-0.1, -0.05) is 29.8 Å². The minimum Gasteiger partial charge on any atom is -0.444 e. The average molecular weight is 528 g/mol.